The summed E-state index contributed by atoms with van der Waals surface area (Å²) in [7, 11) is -9.92. The summed E-state index contributed by atoms with van der Waals surface area (Å²) in [5, 5.41) is 10.6. The molecule has 0 heterocycles. The van der Waals surface area contributed by atoms with Crippen LogP contribution in [0.3, 0.4) is 0 Å². The topological polar surface area (TPSA) is 237 Å². The number of carbonyl (C=O) groups is 4. The van der Waals surface area contributed by atoms with Crippen LogP contribution in [0.2, 0.25) is 0 Å². The number of ether oxygens (including phenoxy) is 4. The second kappa shape index (κ2) is 69.4. The Morgan fingerprint density at radius 3 is 0.776 bits per heavy atom. The number of hydrogen-bond acceptors (Lipinski definition) is 15. The number of phosphoric ester groups is 2. The number of hydrogen-bond donors (Lipinski definition) is 3. The van der Waals surface area contributed by atoms with Crippen molar-refractivity contribution >= 4 is 39.5 Å². The van der Waals surface area contributed by atoms with Crippen LogP contribution in [0.1, 0.15) is 408 Å². The van der Waals surface area contributed by atoms with E-state index < -0.39 is 97.5 Å². The highest BCUT2D eigenvalue weighted by Crippen LogP contribution is 2.45. The highest BCUT2D eigenvalue weighted by molar-refractivity contribution is 7.47. The summed E-state index contributed by atoms with van der Waals surface area (Å²) in [5.41, 5.74) is 0. The Labute approximate surface area is 600 Å². The van der Waals surface area contributed by atoms with Crippen LogP contribution in [0, 0.1) is 17.8 Å². The third-order valence-electron chi connectivity index (χ3n) is 18.7. The van der Waals surface area contributed by atoms with E-state index in [0.29, 0.717) is 25.7 Å². The summed E-state index contributed by atoms with van der Waals surface area (Å²) in [5.74, 6) is 0.152. The van der Waals surface area contributed by atoms with Gasteiger partial charge in [0.2, 0.25) is 0 Å². The van der Waals surface area contributed by atoms with E-state index in [1.54, 1.807) is 0 Å². The van der Waals surface area contributed by atoms with Gasteiger partial charge in [-0.15, -0.1) is 0 Å². The fourth-order valence-corrected chi connectivity index (χ4v) is 13.7. The van der Waals surface area contributed by atoms with Crippen LogP contribution in [-0.4, -0.2) is 96.7 Å². The van der Waals surface area contributed by atoms with Crippen molar-refractivity contribution in [3.8, 4) is 0 Å². The van der Waals surface area contributed by atoms with Gasteiger partial charge in [-0.25, -0.2) is 9.13 Å². The number of unbranched alkanes of at least 4 members (excludes halogenated alkanes) is 44. The Kier molecular flexibility index (Phi) is 68.1. The van der Waals surface area contributed by atoms with E-state index in [-0.39, 0.29) is 25.7 Å². The molecule has 0 fully saturated rings. The van der Waals surface area contributed by atoms with Crippen LogP contribution in [0.4, 0.5) is 0 Å². The fraction of sp³-hybridized carbons (Fsp3) is 0.949. The number of esters is 4. The molecule has 3 unspecified atom stereocenters. The predicted molar refractivity (Wildman–Crippen MR) is 400 cm³/mol. The van der Waals surface area contributed by atoms with Crippen molar-refractivity contribution in [3.63, 3.8) is 0 Å². The first kappa shape index (κ1) is 96.1. The second-order valence-electron chi connectivity index (χ2n) is 29.6. The van der Waals surface area contributed by atoms with Crippen molar-refractivity contribution < 1.29 is 80.2 Å². The van der Waals surface area contributed by atoms with Gasteiger partial charge < -0.3 is 33.8 Å². The molecule has 0 aliphatic heterocycles. The van der Waals surface area contributed by atoms with E-state index in [0.717, 1.165) is 114 Å². The van der Waals surface area contributed by atoms with Gasteiger partial charge in [-0.1, -0.05) is 357 Å². The maximum atomic E-state index is 13.1. The molecule has 3 N–H and O–H groups in total. The van der Waals surface area contributed by atoms with E-state index in [2.05, 4.69) is 48.5 Å². The summed E-state index contributed by atoms with van der Waals surface area (Å²) in [6.45, 7) is 11.9. The molecule has 0 amide bonds. The van der Waals surface area contributed by atoms with Crippen molar-refractivity contribution in [2.75, 3.05) is 39.6 Å². The number of phosphoric acid groups is 2. The SMILES string of the molecule is CCCCCCCCCCCCCCCCCCCCCCC(=O)O[C@H](COC(=O)CCCCCCCCCCCCCC(C)C)COP(=O)(O)OC[C@@H](O)COP(=O)(O)OC[C@@H](COC(=O)CCCCCCCCC(C)CC)OC(=O)CCCCCCCCCCCCCC(C)C. The zero-order valence-electron chi connectivity index (χ0n) is 64.3. The molecule has 582 valence electrons. The third kappa shape index (κ3) is 71.1. The molecule has 0 aliphatic carbocycles. The normalized spacial score (nSPS) is 14.3. The molecule has 98 heavy (non-hydrogen) atoms. The first-order valence-corrected chi connectivity index (χ1v) is 43.9. The molecule has 0 rings (SSSR count). The van der Waals surface area contributed by atoms with Gasteiger partial charge in [-0.05, 0) is 43.4 Å². The van der Waals surface area contributed by atoms with Crippen molar-refractivity contribution in [1.29, 1.82) is 0 Å². The van der Waals surface area contributed by atoms with Gasteiger partial charge in [0.25, 0.3) is 0 Å². The highest BCUT2D eigenvalue weighted by Gasteiger charge is 2.30. The Balaban J connectivity index is 5.23. The lowest BCUT2D eigenvalue weighted by Gasteiger charge is -2.21. The zero-order valence-corrected chi connectivity index (χ0v) is 66.0. The van der Waals surface area contributed by atoms with Crippen LogP contribution in [0.5, 0.6) is 0 Å². The standard InChI is InChI=1S/C79H154O17P2/c1-8-10-11-12-13-14-15-16-17-18-19-20-21-22-23-28-34-39-48-55-62-78(83)95-74(66-89-76(81)60-53-46-38-33-29-24-26-31-36-43-50-57-70(3)4)68-93-97(85,86)91-64-73(80)65-92-98(87,88)94-69-75(67-90-77(82)61-54-47-42-41-45-52-59-72(7)9-2)96-79(84)63-56-49-40-35-30-25-27-32-37-44-51-58-71(5)6/h70-75,80H,8-69H2,1-7H3,(H,85,86)(H,87,88)/t72?,73-,74-,75-/m1/s1. The Morgan fingerprint density at radius 2 is 0.520 bits per heavy atom. The summed E-state index contributed by atoms with van der Waals surface area (Å²) in [6.07, 6.45) is 57.0. The third-order valence-corrected chi connectivity index (χ3v) is 20.6. The molecule has 0 radical (unpaired) electrons. The zero-order chi connectivity index (χ0) is 72.3. The van der Waals surface area contributed by atoms with E-state index in [1.807, 2.05) is 0 Å². The van der Waals surface area contributed by atoms with Crippen molar-refractivity contribution in [2.24, 2.45) is 17.8 Å². The Hall–Kier alpha value is -1.94. The first-order valence-electron chi connectivity index (χ1n) is 40.9. The summed E-state index contributed by atoms with van der Waals surface area (Å²) < 4.78 is 68.6. The Bertz CT molecular complexity index is 1910. The van der Waals surface area contributed by atoms with Crippen molar-refractivity contribution in [1.82, 2.24) is 0 Å². The molecular weight excluding hydrogens is 1280 g/mol. The molecular formula is C79H154O17P2. The van der Waals surface area contributed by atoms with Crippen molar-refractivity contribution in [3.05, 3.63) is 0 Å². The van der Waals surface area contributed by atoms with Gasteiger partial charge in [0.15, 0.2) is 12.2 Å². The number of aliphatic hydroxyl groups excluding tert-OH is 1. The molecule has 0 aliphatic rings. The molecule has 0 saturated heterocycles. The van der Waals surface area contributed by atoms with Crippen LogP contribution >= 0.6 is 15.6 Å². The number of aliphatic hydroxyl groups is 1. The van der Waals surface area contributed by atoms with E-state index >= 15 is 0 Å². The lowest BCUT2D eigenvalue weighted by molar-refractivity contribution is -0.161. The smallest absolute Gasteiger partial charge is 0.462 e. The molecule has 6 atom stereocenters. The van der Waals surface area contributed by atoms with Gasteiger partial charge in [-0.3, -0.25) is 37.3 Å². The number of carbonyl (C=O) groups excluding carboxylic acids is 4. The van der Waals surface area contributed by atoms with E-state index in [9.17, 15) is 43.2 Å². The van der Waals surface area contributed by atoms with Crippen LogP contribution in [0.15, 0.2) is 0 Å². The van der Waals surface area contributed by atoms with Crippen LogP contribution in [0.25, 0.3) is 0 Å². The van der Waals surface area contributed by atoms with Gasteiger partial charge >= 0.3 is 39.5 Å². The molecule has 0 aromatic carbocycles. The Morgan fingerprint density at radius 1 is 0.296 bits per heavy atom. The largest absolute Gasteiger partial charge is 0.472 e. The quantitative estimate of drug-likeness (QED) is 0.0222. The maximum absolute atomic E-state index is 13.1. The molecule has 0 aromatic rings. The minimum atomic E-state index is -4.96. The van der Waals surface area contributed by atoms with Gasteiger partial charge in [0, 0.05) is 25.7 Å². The molecule has 0 spiro atoms. The molecule has 0 saturated carbocycles. The summed E-state index contributed by atoms with van der Waals surface area (Å²) >= 11 is 0. The van der Waals surface area contributed by atoms with Gasteiger partial charge in [0.05, 0.1) is 26.4 Å². The highest BCUT2D eigenvalue weighted by atomic mass is 31.2. The average Bonchev–Trinajstić information content (AvgIpc) is 1.45. The summed E-state index contributed by atoms with van der Waals surface area (Å²) in [4.78, 5) is 72.9. The predicted octanol–water partition coefficient (Wildman–Crippen LogP) is 23.4. The summed E-state index contributed by atoms with van der Waals surface area (Å²) in [6, 6.07) is 0. The monoisotopic (exact) mass is 1440 g/mol. The van der Waals surface area contributed by atoms with Gasteiger partial charge in [0.1, 0.15) is 19.3 Å². The molecule has 17 nitrogen and oxygen atoms in total. The maximum Gasteiger partial charge on any atom is 0.472 e. The number of rotatable bonds is 77. The lowest BCUT2D eigenvalue weighted by atomic mass is 10.00. The average molecular weight is 1440 g/mol. The van der Waals surface area contributed by atoms with E-state index in [1.165, 1.54) is 212 Å². The lowest BCUT2D eigenvalue weighted by Crippen LogP contribution is -2.30. The molecule has 0 bridgehead atoms. The molecule has 0 aromatic heterocycles. The van der Waals surface area contributed by atoms with Crippen LogP contribution in [-0.2, 0) is 65.4 Å². The minimum Gasteiger partial charge on any atom is -0.462 e. The fourth-order valence-electron chi connectivity index (χ4n) is 12.1. The van der Waals surface area contributed by atoms with Crippen molar-refractivity contribution in [2.45, 2.75) is 426 Å². The van der Waals surface area contributed by atoms with Crippen LogP contribution < -0.4 is 0 Å². The van der Waals surface area contributed by atoms with E-state index in [4.69, 9.17) is 37.0 Å². The minimum absolute atomic E-state index is 0.105. The van der Waals surface area contributed by atoms with Gasteiger partial charge in [-0.2, -0.15) is 0 Å². The molecule has 19 heteroatoms. The second-order valence-corrected chi connectivity index (χ2v) is 32.6. The first-order chi connectivity index (χ1) is 47.3.